The maximum Gasteiger partial charge on any atom is 0.241 e. The van der Waals surface area contributed by atoms with Crippen molar-refractivity contribution in [1.29, 1.82) is 0 Å². The van der Waals surface area contributed by atoms with Crippen LogP contribution in [0.25, 0.3) is 0 Å². The van der Waals surface area contributed by atoms with E-state index in [9.17, 15) is 12.8 Å². The van der Waals surface area contributed by atoms with E-state index in [4.69, 9.17) is 0 Å². The zero-order valence-corrected chi connectivity index (χ0v) is 12.4. The number of hydrogen-bond acceptors (Lipinski definition) is 3. The second-order valence-corrected chi connectivity index (χ2v) is 6.80. The van der Waals surface area contributed by atoms with E-state index in [-0.39, 0.29) is 4.90 Å². The summed E-state index contributed by atoms with van der Waals surface area (Å²) < 4.78 is 39.9. The van der Waals surface area contributed by atoms with E-state index in [1.165, 1.54) is 12.1 Å². The third-order valence-corrected chi connectivity index (χ3v) is 4.97. The van der Waals surface area contributed by atoms with Crippen molar-refractivity contribution in [3.8, 4) is 0 Å². The van der Waals surface area contributed by atoms with Crippen molar-refractivity contribution in [2.24, 2.45) is 0 Å². The minimum Gasteiger partial charge on any atom is -0.211 e. The Balaban J connectivity index is 2.92. The Morgan fingerprint density at radius 2 is 1.83 bits per heavy atom. The maximum atomic E-state index is 13.1. The highest BCUT2D eigenvalue weighted by molar-refractivity contribution is 7.98. The minimum absolute atomic E-state index is 0.188. The van der Waals surface area contributed by atoms with E-state index in [2.05, 4.69) is 4.72 Å². The predicted molar refractivity (Wildman–Crippen MR) is 74.1 cm³/mol. The molecule has 0 aliphatic carbocycles. The van der Waals surface area contributed by atoms with Crippen LogP contribution in [-0.4, -0.2) is 27.0 Å². The third kappa shape index (κ3) is 3.96. The van der Waals surface area contributed by atoms with Gasteiger partial charge in [-0.15, -0.1) is 0 Å². The van der Waals surface area contributed by atoms with Crippen molar-refractivity contribution >= 4 is 21.8 Å². The fourth-order valence-electron chi connectivity index (χ4n) is 1.82. The summed E-state index contributed by atoms with van der Waals surface area (Å²) in [5.41, 5.74) is 0.870. The monoisotopic (exact) mass is 291 g/mol. The standard InChI is InChI=1S/C12H18FNO2S2/c1-9-7-11(13)8-10(2)12(9)18(15,16)14-5-4-6-17-3/h7-8,14H,4-6H2,1-3H3. The normalized spacial score (nSPS) is 11.8. The number of benzene rings is 1. The van der Waals surface area contributed by atoms with Crippen molar-refractivity contribution in [1.82, 2.24) is 4.72 Å². The number of halogens is 1. The fourth-order valence-corrected chi connectivity index (χ4v) is 3.77. The lowest BCUT2D eigenvalue weighted by Gasteiger charge is -2.12. The summed E-state index contributed by atoms with van der Waals surface area (Å²) in [6.45, 7) is 3.61. The number of thioether (sulfide) groups is 1. The molecule has 0 radical (unpaired) electrons. The molecule has 0 aliphatic heterocycles. The van der Waals surface area contributed by atoms with E-state index in [1.54, 1.807) is 25.6 Å². The van der Waals surface area contributed by atoms with Gasteiger partial charge in [0, 0.05) is 6.54 Å². The van der Waals surface area contributed by atoms with Crippen molar-refractivity contribution < 1.29 is 12.8 Å². The lowest BCUT2D eigenvalue weighted by Crippen LogP contribution is -2.26. The number of sulfonamides is 1. The van der Waals surface area contributed by atoms with Gasteiger partial charge >= 0.3 is 0 Å². The second-order valence-electron chi connectivity index (χ2n) is 4.11. The molecule has 1 N–H and O–H groups in total. The third-order valence-electron chi connectivity index (χ3n) is 2.51. The molecular weight excluding hydrogens is 273 g/mol. The van der Waals surface area contributed by atoms with Crippen LogP contribution in [0.4, 0.5) is 4.39 Å². The van der Waals surface area contributed by atoms with Gasteiger partial charge in [-0.2, -0.15) is 11.8 Å². The van der Waals surface area contributed by atoms with Crippen molar-refractivity contribution in [3.63, 3.8) is 0 Å². The van der Waals surface area contributed by atoms with Crippen LogP contribution >= 0.6 is 11.8 Å². The lowest BCUT2D eigenvalue weighted by molar-refractivity contribution is 0.578. The minimum atomic E-state index is -3.54. The Morgan fingerprint density at radius 1 is 1.28 bits per heavy atom. The van der Waals surface area contributed by atoms with Gasteiger partial charge in [0.1, 0.15) is 5.82 Å². The summed E-state index contributed by atoms with van der Waals surface area (Å²) in [5, 5.41) is 0. The van der Waals surface area contributed by atoms with Gasteiger partial charge in [0.25, 0.3) is 0 Å². The van der Waals surface area contributed by atoms with Crippen LogP contribution in [0.1, 0.15) is 17.5 Å². The lowest BCUT2D eigenvalue weighted by atomic mass is 10.1. The molecule has 6 heteroatoms. The largest absolute Gasteiger partial charge is 0.241 e. The van der Waals surface area contributed by atoms with Crippen LogP contribution in [0.3, 0.4) is 0 Å². The molecule has 3 nitrogen and oxygen atoms in total. The predicted octanol–water partition coefficient (Wildman–Crippen LogP) is 2.47. The first-order valence-corrected chi connectivity index (χ1v) is 8.51. The Hall–Kier alpha value is -0.590. The van der Waals surface area contributed by atoms with Gasteiger partial charge in [-0.25, -0.2) is 17.5 Å². The zero-order chi connectivity index (χ0) is 13.8. The molecule has 0 amide bonds. The average molecular weight is 291 g/mol. The van der Waals surface area contributed by atoms with Crippen LogP contribution in [0.5, 0.6) is 0 Å². The van der Waals surface area contributed by atoms with Crippen LogP contribution in [0.2, 0.25) is 0 Å². The molecule has 0 spiro atoms. The molecule has 0 saturated carbocycles. The van der Waals surface area contributed by atoms with Gasteiger partial charge in [0.05, 0.1) is 4.90 Å². The van der Waals surface area contributed by atoms with Crippen molar-refractivity contribution in [2.45, 2.75) is 25.2 Å². The molecule has 1 aromatic rings. The van der Waals surface area contributed by atoms with Gasteiger partial charge in [-0.05, 0) is 55.5 Å². The summed E-state index contributed by atoms with van der Waals surface area (Å²) in [6, 6.07) is 2.48. The fraction of sp³-hybridized carbons (Fsp3) is 0.500. The van der Waals surface area contributed by atoms with Gasteiger partial charge in [-0.3, -0.25) is 0 Å². The molecule has 1 aromatic carbocycles. The first kappa shape index (κ1) is 15.5. The van der Waals surface area contributed by atoms with E-state index in [0.29, 0.717) is 17.7 Å². The average Bonchev–Trinajstić information content (AvgIpc) is 2.22. The number of aryl methyl sites for hydroxylation is 2. The van der Waals surface area contributed by atoms with E-state index < -0.39 is 15.8 Å². The van der Waals surface area contributed by atoms with Gasteiger partial charge in [0.2, 0.25) is 10.0 Å². The highest BCUT2D eigenvalue weighted by Crippen LogP contribution is 2.21. The molecule has 0 atom stereocenters. The molecule has 0 unspecified atom stereocenters. The van der Waals surface area contributed by atoms with Crippen LogP contribution in [0, 0.1) is 19.7 Å². The molecule has 0 saturated heterocycles. The van der Waals surface area contributed by atoms with Gasteiger partial charge in [0.15, 0.2) is 0 Å². The summed E-state index contributed by atoms with van der Waals surface area (Å²) >= 11 is 1.67. The van der Waals surface area contributed by atoms with Crippen LogP contribution < -0.4 is 4.72 Å². The molecule has 1 rings (SSSR count). The highest BCUT2D eigenvalue weighted by Gasteiger charge is 2.19. The number of rotatable bonds is 6. The summed E-state index contributed by atoms with van der Waals surface area (Å²) in [7, 11) is -3.54. The molecular formula is C12H18FNO2S2. The molecule has 0 fully saturated rings. The molecule has 102 valence electrons. The molecule has 18 heavy (non-hydrogen) atoms. The van der Waals surface area contributed by atoms with Crippen LogP contribution in [0.15, 0.2) is 17.0 Å². The first-order valence-electron chi connectivity index (χ1n) is 5.64. The van der Waals surface area contributed by atoms with Crippen molar-refractivity contribution in [3.05, 3.63) is 29.1 Å². The van der Waals surface area contributed by atoms with E-state index >= 15 is 0 Å². The highest BCUT2D eigenvalue weighted by atomic mass is 32.2. The SMILES string of the molecule is CSCCCNS(=O)(=O)c1c(C)cc(F)cc1C. The Kier molecular flexibility index (Phi) is 5.62. The Labute approximate surface area is 112 Å². The molecule has 0 aliphatic rings. The van der Waals surface area contributed by atoms with E-state index in [1.807, 2.05) is 6.26 Å². The van der Waals surface area contributed by atoms with Gasteiger partial charge in [-0.1, -0.05) is 0 Å². The number of nitrogens with one attached hydrogen (secondary N) is 1. The quantitative estimate of drug-likeness (QED) is 0.819. The summed E-state index contributed by atoms with van der Waals surface area (Å²) in [5.74, 6) is 0.496. The second kappa shape index (κ2) is 6.54. The summed E-state index contributed by atoms with van der Waals surface area (Å²) in [6.07, 6.45) is 2.75. The molecule has 0 heterocycles. The topological polar surface area (TPSA) is 46.2 Å². The molecule has 0 bridgehead atoms. The summed E-state index contributed by atoms with van der Waals surface area (Å²) in [4.78, 5) is 0.188. The zero-order valence-electron chi connectivity index (χ0n) is 10.8. The van der Waals surface area contributed by atoms with Gasteiger partial charge < -0.3 is 0 Å². The molecule has 0 aromatic heterocycles. The smallest absolute Gasteiger partial charge is 0.211 e. The Bertz CT molecular complexity index is 492. The first-order chi connectivity index (χ1) is 8.38. The maximum absolute atomic E-state index is 13.1. The van der Waals surface area contributed by atoms with Crippen LogP contribution in [-0.2, 0) is 10.0 Å². The van der Waals surface area contributed by atoms with E-state index in [0.717, 1.165) is 12.2 Å². The Morgan fingerprint density at radius 3 is 2.33 bits per heavy atom. The number of hydrogen-bond donors (Lipinski definition) is 1. The van der Waals surface area contributed by atoms with Crippen molar-refractivity contribution in [2.75, 3.05) is 18.6 Å².